The molecule has 5 nitrogen and oxygen atoms in total. The molecular formula is C21H31F2N3O2S. The smallest absolute Gasteiger partial charge is 0.410 e. The van der Waals surface area contributed by atoms with Crippen molar-refractivity contribution in [3.05, 3.63) is 34.4 Å². The first-order valence-electron chi connectivity index (χ1n) is 9.94. The van der Waals surface area contributed by atoms with Crippen LogP contribution in [0.2, 0.25) is 0 Å². The van der Waals surface area contributed by atoms with Gasteiger partial charge in [0.05, 0.1) is 6.10 Å². The molecule has 1 atom stereocenters. The molecule has 1 amide bonds. The minimum absolute atomic E-state index is 0.00705. The van der Waals surface area contributed by atoms with E-state index in [0.717, 1.165) is 16.7 Å². The lowest BCUT2D eigenvalue weighted by Gasteiger charge is -2.39. The first kappa shape index (κ1) is 23.6. The second kappa shape index (κ2) is 10.4. The van der Waals surface area contributed by atoms with Crippen LogP contribution in [0.25, 0.3) is 0 Å². The molecule has 162 valence electrons. The summed E-state index contributed by atoms with van der Waals surface area (Å²) in [5.41, 5.74) is 8.25. The van der Waals surface area contributed by atoms with E-state index in [1.807, 2.05) is 27.7 Å². The zero-order valence-electron chi connectivity index (χ0n) is 17.6. The molecule has 1 aliphatic rings. The largest absolute Gasteiger partial charge is 0.447 e. The van der Waals surface area contributed by atoms with E-state index in [1.165, 1.54) is 6.07 Å². The molecule has 29 heavy (non-hydrogen) atoms. The van der Waals surface area contributed by atoms with E-state index in [-0.39, 0.29) is 30.3 Å². The van der Waals surface area contributed by atoms with E-state index in [0.29, 0.717) is 37.5 Å². The predicted molar refractivity (Wildman–Crippen MR) is 115 cm³/mol. The number of rotatable bonds is 7. The summed E-state index contributed by atoms with van der Waals surface area (Å²) in [4.78, 5) is 16.8. The molecule has 1 aliphatic heterocycles. The van der Waals surface area contributed by atoms with Crippen molar-refractivity contribution in [2.24, 2.45) is 5.73 Å². The van der Waals surface area contributed by atoms with Crippen molar-refractivity contribution in [3.63, 3.8) is 0 Å². The van der Waals surface area contributed by atoms with Crippen LogP contribution in [0.1, 0.15) is 49.5 Å². The monoisotopic (exact) mass is 427 g/mol. The number of ether oxygens (including phenoxy) is 1. The fourth-order valence-electron chi connectivity index (χ4n) is 3.58. The molecule has 1 aromatic rings. The van der Waals surface area contributed by atoms with E-state index in [4.69, 9.17) is 22.7 Å². The lowest BCUT2D eigenvalue weighted by molar-refractivity contribution is 0.0349. The molecule has 0 radical (unpaired) electrons. The minimum Gasteiger partial charge on any atom is -0.447 e. The van der Waals surface area contributed by atoms with Crippen LogP contribution in [0, 0.1) is 6.92 Å². The highest BCUT2D eigenvalue weighted by molar-refractivity contribution is 7.80. The van der Waals surface area contributed by atoms with Gasteiger partial charge in [-0.1, -0.05) is 12.2 Å². The molecule has 0 saturated carbocycles. The molecule has 0 bridgehead atoms. The molecule has 0 spiro atoms. The van der Waals surface area contributed by atoms with Crippen LogP contribution in [0.4, 0.5) is 13.6 Å². The number of carbonyl (C=O) groups is 1. The van der Waals surface area contributed by atoms with Crippen molar-refractivity contribution in [1.82, 2.24) is 9.80 Å². The van der Waals surface area contributed by atoms with Crippen molar-refractivity contribution in [2.45, 2.75) is 59.2 Å². The highest BCUT2D eigenvalue weighted by Crippen LogP contribution is 2.27. The molecule has 2 rings (SSSR count). The number of halogens is 2. The summed E-state index contributed by atoms with van der Waals surface area (Å²) in [5.74, 6) is 0. The Hall–Kier alpha value is -1.64. The number of nitrogens with zero attached hydrogens (tertiary/aromatic N) is 2. The Kier molecular flexibility index (Phi) is 8.48. The quantitative estimate of drug-likeness (QED) is 0.670. The third-order valence-electron chi connectivity index (χ3n) is 5.19. The molecule has 8 heteroatoms. The van der Waals surface area contributed by atoms with Gasteiger partial charge in [-0.15, -0.1) is 0 Å². The summed E-state index contributed by atoms with van der Waals surface area (Å²) < 4.78 is 32.2. The number of carbonyl (C=O) groups excluding carboxylic acids is 1. The maximum atomic E-state index is 13.4. The third-order valence-corrected chi connectivity index (χ3v) is 5.50. The standard InChI is InChI=1S/C21H31F2N3O2S/c1-13(2)28-21(27)26-6-5-25(11-14(26)3)12-18-8-17(20(22)23)7-16(15(18)4)9-19(29)10-24/h7-8,13-14,20H,5-6,9-12,24H2,1-4H3/t14-/m0/s1. The summed E-state index contributed by atoms with van der Waals surface area (Å²) in [6.45, 7) is 10.2. The van der Waals surface area contributed by atoms with Crippen molar-refractivity contribution in [3.8, 4) is 0 Å². The summed E-state index contributed by atoms with van der Waals surface area (Å²) in [5, 5.41) is 0. The summed E-state index contributed by atoms with van der Waals surface area (Å²) in [7, 11) is 0. The van der Waals surface area contributed by atoms with Gasteiger partial charge < -0.3 is 15.4 Å². The number of amides is 1. The fraction of sp³-hybridized carbons (Fsp3) is 0.619. The highest BCUT2D eigenvalue weighted by atomic mass is 32.1. The topological polar surface area (TPSA) is 58.8 Å². The molecule has 2 N–H and O–H groups in total. The van der Waals surface area contributed by atoms with E-state index in [1.54, 1.807) is 11.0 Å². The maximum absolute atomic E-state index is 13.4. The van der Waals surface area contributed by atoms with Crippen LogP contribution in [0.3, 0.4) is 0 Å². The van der Waals surface area contributed by atoms with Crippen LogP contribution >= 0.6 is 12.2 Å². The van der Waals surface area contributed by atoms with Gasteiger partial charge in [0.25, 0.3) is 6.43 Å². The van der Waals surface area contributed by atoms with E-state index in [2.05, 4.69) is 4.90 Å². The van der Waals surface area contributed by atoms with Gasteiger partial charge in [-0.2, -0.15) is 0 Å². The summed E-state index contributed by atoms with van der Waals surface area (Å²) >= 11 is 5.22. The number of thiocarbonyl (C=S) groups is 1. The third kappa shape index (κ3) is 6.42. The SMILES string of the molecule is Cc1c(CC(=S)CN)cc(C(F)F)cc1CN1CCN(C(=O)OC(C)C)[C@@H](C)C1. The lowest BCUT2D eigenvalue weighted by atomic mass is 9.95. The van der Waals surface area contributed by atoms with E-state index < -0.39 is 6.43 Å². The van der Waals surface area contributed by atoms with E-state index in [9.17, 15) is 13.6 Å². The predicted octanol–water partition coefficient (Wildman–Crippen LogP) is 3.85. The zero-order valence-corrected chi connectivity index (χ0v) is 18.4. The maximum Gasteiger partial charge on any atom is 0.410 e. The van der Waals surface area contributed by atoms with Crippen molar-refractivity contribution in [1.29, 1.82) is 0 Å². The van der Waals surface area contributed by atoms with Gasteiger partial charge in [-0.25, -0.2) is 13.6 Å². The average Bonchev–Trinajstić information content (AvgIpc) is 2.63. The summed E-state index contributed by atoms with van der Waals surface area (Å²) in [6.07, 6.45) is -2.58. The number of hydrogen-bond acceptors (Lipinski definition) is 5. The van der Waals surface area contributed by atoms with Crippen molar-refractivity contribution >= 4 is 23.2 Å². The molecule has 0 unspecified atom stereocenters. The molecular weight excluding hydrogens is 396 g/mol. The van der Waals surface area contributed by atoms with E-state index >= 15 is 0 Å². The minimum atomic E-state index is -2.54. The fourth-order valence-corrected chi connectivity index (χ4v) is 3.74. The molecule has 1 saturated heterocycles. The number of benzene rings is 1. The van der Waals surface area contributed by atoms with Gasteiger partial charge in [0.1, 0.15) is 0 Å². The Balaban J connectivity index is 2.15. The van der Waals surface area contributed by atoms with Gasteiger partial charge in [-0.05, 0) is 56.5 Å². The van der Waals surface area contributed by atoms with Crippen LogP contribution < -0.4 is 5.73 Å². The normalized spacial score (nSPS) is 17.8. The molecule has 1 aromatic carbocycles. The van der Waals surface area contributed by atoms with Crippen LogP contribution in [-0.4, -0.2) is 59.1 Å². The lowest BCUT2D eigenvalue weighted by Crippen LogP contribution is -2.54. The number of nitrogens with two attached hydrogens (primary N) is 1. The molecule has 1 fully saturated rings. The molecule has 0 aliphatic carbocycles. The molecule has 0 aromatic heterocycles. The van der Waals surface area contributed by atoms with Gasteiger partial charge in [-0.3, -0.25) is 4.90 Å². The highest BCUT2D eigenvalue weighted by Gasteiger charge is 2.29. The van der Waals surface area contributed by atoms with Gasteiger partial charge in [0, 0.05) is 55.6 Å². The van der Waals surface area contributed by atoms with Crippen molar-refractivity contribution in [2.75, 3.05) is 26.2 Å². The molecule has 1 heterocycles. The van der Waals surface area contributed by atoms with Crippen LogP contribution in [0.15, 0.2) is 12.1 Å². The van der Waals surface area contributed by atoms with Crippen molar-refractivity contribution < 1.29 is 18.3 Å². The Morgan fingerprint density at radius 2 is 1.97 bits per heavy atom. The second-order valence-electron chi connectivity index (χ2n) is 7.89. The Labute approximate surface area is 177 Å². The van der Waals surface area contributed by atoms with Gasteiger partial charge in [0.15, 0.2) is 0 Å². The first-order valence-corrected chi connectivity index (χ1v) is 10.3. The zero-order chi connectivity index (χ0) is 21.7. The number of alkyl halides is 2. The Morgan fingerprint density at radius 1 is 1.31 bits per heavy atom. The first-order chi connectivity index (χ1) is 13.6. The summed E-state index contributed by atoms with van der Waals surface area (Å²) in [6, 6.07) is 3.10. The Morgan fingerprint density at radius 3 is 2.52 bits per heavy atom. The average molecular weight is 428 g/mol. The number of hydrogen-bond donors (Lipinski definition) is 1. The van der Waals surface area contributed by atoms with Gasteiger partial charge in [0.2, 0.25) is 0 Å². The van der Waals surface area contributed by atoms with Crippen LogP contribution in [-0.2, 0) is 17.7 Å². The van der Waals surface area contributed by atoms with Crippen LogP contribution in [0.5, 0.6) is 0 Å². The second-order valence-corrected chi connectivity index (χ2v) is 8.47. The van der Waals surface area contributed by atoms with Gasteiger partial charge >= 0.3 is 6.09 Å². The Bertz CT molecular complexity index is 743. The number of piperazine rings is 1.